The number of nitro groups is 1. The molecule has 6 nitrogen and oxygen atoms in total. The summed E-state index contributed by atoms with van der Waals surface area (Å²) in [5.41, 5.74) is 1.81. The summed E-state index contributed by atoms with van der Waals surface area (Å²) < 4.78 is 0. The number of carbonyl (C=O) groups excluding carboxylic acids is 1. The summed E-state index contributed by atoms with van der Waals surface area (Å²) in [5.74, 6) is -0.453. The third kappa shape index (κ3) is 4.07. The molecule has 0 atom stereocenters. The van der Waals surface area contributed by atoms with Crippen molar-refractivity contribution in [1.82, 2.24) is 10.3 Å². The predicted molar refractivity (Wildman–Crippen MR) is 96.7 cm³/mol. The van der Waals surface area contributed by atoms with E-state index in [0.29, 0.717) is 13.0 Å². The number of hydrogen-bond acceptors (Lipinski definition) is 5. The van der Waals surface area contributed by atoms with Crippen molar-refractivity contribution in [2.75, 3.05) is 6.54 Å². The van der Waals surface area contributed by atoms with Crippen LogP contribution >= 0.6 is 11.3 Å². The van der Waals surface area contributed by atoms with E-state index >= 15 is 0 Å². The molecule has 3 aromatic rings. The van der Waals surface area contributed by atoms with Gasteiger partial charge in [0.05, 0.1) is 10.6 Å². The number of nitrogens with zero attached hydrogens (tertiary/aromatic N) is 2. The summed E-state index contributed by atoms with van der Waals surface area (Å²) in [6.07, 6.45) is 0.565. The van der Waals surface area contributed by atoms with Gasteiger partial charge in [-0.3, -0.25) is 14.9 Å². The number of carbonyl (C=O) groups is 1. The molecule has 0 aliphatic heterocycles. The van der Waals surface area contributed by atoms with E-state index in [-0.39, 0.29) is 11.3 Å². The minimum atomic E-state index is -0.554. The molecule has 0 spiro atoms. The van der Waals surface area contributed by atoms with E-state index < -0.39 is 10.8 Å². The standard InChI is InChI=1S/C18H15N3O3S/c22-17(15-8-4-5-9-16(15)21(23)24)19-11-10-14-12-25-18(20-14)13-6-2-1-3-7-13/h1-9,12H,10-11H2,(H,19,22). The zero-order valence-corrected chi connectivity index (χ0v) is 14.0. The van der Waals surface area contributed by atoms with Crippen molar-refractivity contribution in [3.8, 4) is 10.6 Å². The predicted octanol–water partition coefficient (Wildman–Crippen LogP) is 3.69. The topological polar surface area (TPSA) is 85.1 Å². The van der Waals surface area contributed by atoms with E-state index in [4.69, 9.17) is 0 Å². The van der Waals surface area contributed by atoms with Gasteiger partial charge < -0.3 is 5.32 Å². The van der Waals surface area contributed by atoms with Crippen LogP contribution in [0.25, 0.3) is 10.6 Å². The molecule has 0 radical (unpaired) electrons. The van der Waals surface area contributed by atoms with Gasteiger partial charge in [0.15, 0.2) is 0 Å². The molecule has 0 aliphatic carbocycles. The summed E-state index contributed by atoms with van der Waals surface area (Å²) in [6, 6.07) is 15.8. The Balaban J connectivity index is 1.60. The van der Waals surface area contributed by atoms with Crippen LogP contribution in [0.3, 0.4) is 0 Å². The maximum Gasteiger partial charge on any atom is 0.282 e. The molecule has 3 rings (SSSR count). The largest absolute Gasteiger partial charge is 0.351 e. The molecule has 0 fully saturated rings. The van der Waals surface area contributed by atoms with Crippen molar-refractivity contribution < 1.29 is 9.72 Å². The highest BCUT2D eigenvalue weighted by atomic mass is 32.1. The minimum Gasteiger partial charge on any atom is -0.351 e. The van der Waals surface area contributed by atoms with Crippen LogP contribution in [-0.4, -0.2) is 22.4 Å². The average Bonchev–Trinajstić information content (AvgIpc) is 3.11. The first-order valence-electron chi connectivity index (χ1n) is 7.66. The fourth-order valence-corrected chi connectivity index (χ4v) is 3.22. The van der Waals surface area contributed by atoms with Crippen LogP contribution in [-0.2, 0) is 6.42 Å². The van der Waals surface area contributed by atoms with Crippen molar-refractivity contribution in [3.05, 3.63) is 81.3 Å². The Morgan fingerprint density at radius 3 is 2.60 bits per heavy atom. The van der Waals surface area contributed by atoms with E-state index in [2.05, 4.69) is 10.3 Å². The quantitative estimate of drug-likeness (QED) is 0.541. The lowest BCUT2D eigenvalue weighted by molar-refractivity contribution is -0.385. The van der Waals surface area contributed by atoms with Gasteiger partial charge in [-0.2, -0.15) is 0 Å². The number of nitro benzene ring substituents is 1. The first-order chi connectivity index (χ1) is 12.1. The van der Waals surface area contributed by atoms with E-state index in [1.165, 1.54) is 18.2 Å². The van der Waals surface area contributed by atoms with Crippen LogP contribution < -0.4 is 5.32 Å². The average molecular weight is 353 g/mol. The van der Waals surface area contributed by atoms with Gasteiger partial charge in [0.1, 0.15) is 10.6 Å². The Hall–Kier alpha value is -3.06. The van der Waals surface area contributed by atoms with Crippen LogP contribution in [0.4, 0.5) is 5.69 Å². The van der Waals surface area contributed by atoms with E-state index in [0.717, 1.165) is 16.3 Å². The molecule has 1 amide bonds. The number of amides is 1. The normalized spacial score (nSPS) is 10.4. The van der Waals surface area contributed by atoms with Crippen LogP contribution in [0.2, 0.25) is 0 Å². The minimum absolute atomic E-state index is 0.0655. The summed E-state index contributed by atoms with van der Waals surface area (Å²) in [6.45, 7) is 0.364. The molecule has 1 heterocycles. The highest BCUT2D eigenvalue weighted by Gasteiger charge is 2.18. The third-order valence-electron chi connectivity index (χ3n) is 3.58. The van der Waals surface area contributed by atoms with Crippen molar-refractivity contribution in [1.29, 1.82) is 0 Å². The molecule has 0 saturated carbocycles. The first-order valence-corrected chi connectivity index (χ1v) is 8.54. The molecule has 7 heteroatoms. The van der Waals surface area contributed by atoms with Crippen molar-refractivity contribution in [2.45, 2.75) is 6.42 Å². The van der Waals surface area contributed by atoms with Crippen LogP contribution in [0.15, 0.2) is 60.0 Å². The maximum absolute atomic E-state index is 12.2. The highest BCUT2D eigenvalue weighted by molar-refractivity contribution is 7.13. The van der Waals surface area contributed by atoms with Crippen LogP contribution in [0.1, 0.15) is 16.1 Å². The molecular formula is C18H15N3O3S. The molecule has 0 unspecified atom stereocenters. The van der Waals surface area contributed by atoms with Crippen molar-refractivity contribution in [2.24, 2.45) is 0 Å². The SMILES string of the molecule is O=C(NCCc1csc(-c2ccccc2)n1)c1ccccc1[N+](=O)[O-]. The lowest BCUT2D eigenvalue weighted by atomic mass is 10.1. The molecule has 1 N–H and O–H groups in total. The van der Waals surface area contributed by atoms with Crippen LogP contribution in [0.5, 0.6) is 0 Å². The third-order valence-corrected chi connectivity index (χ3v) is 4.52. The second-order valence-electron chi connectivity index (χ2n) is 5.29. The summed E-state index contributed by atoms with van der Waals surface area (Å²) in [4.78, 5) is 27.1. The monoisotopic (exact) mass is 353 g/mol. The highest BCUT2D eigenvalue weighted by Crippen LogP contribution is 2.23. The van der Waals surface area contributed by atoms with Gasteiger partial charge in [0, 0.05) is 30.0 Å². The number of rotatable bonds is 6. The first kappa shape index (κ1) is 16.8. The van der Waals surface area contributed by atoms with Gasteiger partial charge in [0.2, 0.25) is 0 Å². The number of benzene rings is 2. The number of aromatic nitrogens is 1. The second-order valence-corrected chi connectivity index (χ2v) is 6.15. The Morgan fingerprint density at radius 2 is 1.84 bits per heavy atom. The molecule has 0 saturated heterocycles. The number of thiazole rings is 1. The molecule has 0 aliphatic rings. The molecule has 25 heavy (non-hydrogen) atoms. The molecule has 0 bridgehead atoms. The Morgan fingerprint density at radius 1 is 1.12 bits per heavy atom. The number of nitrogens with one attached hydrogen (secondary N) is 1. The lowest BCUT2D eigenvalue weighted by Gasteiger charge is -2.04. The van der Waals surface area contributed by atoms with Gasteiger partial charge in [0.25, 0.3) is 11.6 Å². The number of hydrogen-bond donors (Lipinski definition) is 1. The molecule has 126 valence electrons. The van der Waals surface area contributed by atoms with Crippen LogP contribution in [0, 0.1) is 10.1 Å². The Labute approximate surface area is 148 Å². The van der Waals surface area contributed by atoms with Crippen molar-refractivity contribution in [3.63, 3.8) is 0 Å². The van der Waals surface area contributed by atoms with E-state index in [1.54, 1.807) is 17.4 Å². The van der Waals surface area contributed by atoms with Gasteiger partial charge in [-0.05, 0) is 6.07 Å². The summed E-state index contributed by atoms with van der Waals surface area (Å²) in [5, 5.41) is 16.6. The van der Waals surface area contributed by atoms with E-state index in [9.17, 15) is 14.9 Å². The smallest absolute Gasteiger partial charge is 0.282 e. The van der Waals surface area contributed by atoms with Gasteiger partial charge in [-0.15, -0.1) is 11.3 Å². The lowest BCUT2D eigenvalue weighted by Crippen LogP contribution is -2.26. The molecule has 2 aromatic carbocycles. The Kier molecular flexibility index (Phi) is 5.15. The zero-order valence-electron chi connectivity index (χ0n) is 13.2. The summed E-state index contributed by atoms with van der Waals surface area (Å²) >= 11 is 1.55. The fourth-order valence-electron chi connectivity index (χ4n) is 2.36. The fraction of sp³-hybridized carbons (Fsp3) is 0.111. The molecule has 1 aromatic heterocycles. The van der Waals surface area contributed by atoms with Gasteiger partial charge in [-0.25, -0.2) is 4.98 Å². The maximum atomic E-state index is 12.2. The second kappa shape index (κ2) is 7.67. The van der Waals surface area contributed by atoms with Gasteiger partial charge in [-0.1, -0.05) is 42.5 Å². The van der Waals surface area contributed by atoms with Crippen molar-refractivity contribution >= 4 is 22.9 Å². The van der Waals surface area contributed by atoms with E-state index in [1.807, 2.05) is 35.7 Å². The zero-order chi connectivity index (χ0) is 17.6. The van der Waals surface area contributed by atoms with Gasteiger partial charge >= 0.3 is 0 Å². The number of para-hydroxylation sites is 1. The molecular weight excluding hydrogens is 338 g/mol. The Bertz CT molecular complexity index is 893. The summed E-state index contributed by atoms with van der Waals surface area (Å²) in [7, 11) is 0.